The summed E-state index contributed by atoms with van der Waals surface area (Å²) >= 11 is 0. The maximum Gasteiger partial charge on any atom is 0.343 e. The molecule has 0 unspecified atom stereocenters. The Hall–Kier alpha value is -1.81. The average Bonchev–Trinajstić information content (AvgIpc) is 2.36. The van der Waals surface area contributed by atoms with Crippen LogP contribution < -0.4 is 10.4 Å². The molecule has 0 aliphatic rings. The number of aliphatic hydroxyl groups is 1. The molecule has 4 nitrogen and oxygen atoms in total. The molecule has 0 amide bonds. The lowest BCUT2D eigenvalue weighted by Crippen LogP contribution is -2.03. The smallest absolute Gasteiger partial charge is 0.343 e. The first-order chi connectivity index (χ1) is 8.24. The molecule has 4 heteroatoms. The lowest BCUT2D eigenvalue weighted by Gasteiger charge is -2.03. The SMILES string of the molecule is COc1ccc2cc(CCCO)oc(=O)c2c1. The van der Waals surface area contributed by atoms with E-state index in [1.54, 1.807) is 19.2 Å². The standard InChI is InChI=1S/C13H14O4/c1-16-10-5-4-9-7-11(3-2-6-14)17-13(15)12(9)8-10/h4-5,7-8,14H,2-3,6H2,1H3. The number of hydrogen-bond acceptors (Lipinski definition) is 4. The van der Waals surface area contributed by atoms with Crippen LogP contribution in [0.1, 0.15) is 12.2 Å². The number of fused-ring (bicyclic) bond motifs is 1. The second kappa shape index (κ2) is 5.01. The van der Waals surface area contributed by atoms with Gasteiger partial charge in [-0.15, -0.1) is 0 Å². The summed E-state index contributed by atoms with van der Waals surface area (Å²) in [6.07, 6.45) is 1.15. The van der Waals surface area contributed by atoms with E-state index in [0.29, 0.717) is 29.7 Å². The van der Waals surface area contributed by atoms with Crippen molar-refractivity contribution in [3.8, 4) is 5.75 Å². The summed E-state index contributed by atoms with van der Waals surface area (Å²) < 4.78 is 10.2. The topological polar surface area (TPSA) is 59.7 Å². The van der Waals surface area contributed by atoms with Crippen molar-refractivity contribution in [3.63, 3.8) is 0 Å². The number of ether oxygens (including phenoxy) is 1. The minimum Gasteiger partial charge on any atom is -0.497 e. The third-order valence-corrected chi connectivity index (χ3v) is 2.60. The van der Waals surface area contributed by atoms with E-state index in [0.717, 1.165) is 5.39 Å². The van der Waals surface area contributed by atoms with Crippen molar-refractivity contribution in [2.75, 3.05) is 13.7 Å². The minimum atomic E-state index is -0.366. The molecule has 90 valence electrons. The first-order valence-corrected chi connectivity index (χ1v) is 5.46. The van der Waals surface area contributed by atoms with E-state index in [1.807, 2.05) is 12.1 Å². The molecule has 0 spiro atoms. The molecule has 0 bridgehead atoms. The highest BCUT2D eigenvalue weighted by atomic mass is 16.5. The number of benzene rings is 1. The zero-order valence-electron chi connectivity index (χ0n) is 9.60. The van der Waals surface area contributed by atoms with Crippen LogP contribution in [0.2, 0.25) is 0 Å². The van der Waals surface area contributed by atoms with Crippen molar-refractivity contribution in [1.82, 2.24) is 0 Å². The van der Waals surface area contributed by atoms with Crippen LogP contribution in [0, 0.1) is 0 Å². The summed E-state index contributed by atoms with van der Waals surface area (Å²) in [5.74, 6) is 1.23. The number of hydrogen-bond donors (Lipinski definition) is 1. The van der Waals surface area contributed by atoms with Gasteiger partial charge in [0.25, 0.3) is 0 Å². The Bertz CT molecular complexity index is 571. The average molecular weight is 234 g/mol. The van der Waals surface area contributed by atoms with Crippen molar-refractivity contribution in [1.29, 1.82) is 0 Å². The van der Waals surface area contributed by atoms with Crippen LogP contribution in [0.4, 0.5) is 0 Å². The van der Waals surface area contributed by atoms with Gasteiger partial charge in [0.1, 0.15) is 11.5 Å². The summed E-state index contributed by atoms with van der Waals surface area (Å²) in [4.78, 5) is 11.7. The maximum absolute atomic E-state index is 11.7. The van der Waals surface area contributed by atoms with Crippen LogP contribution in [-0.2, 0) is 6.42 Å². The van der Waals surface area contributed by atoms with Crippen LogP contribution in [-0.4, -0.2) is 18.8 Å². The van der Waals surface area contributed by atoms with Crippen molar-refractivity contribution in [2.45, 2.75) is 12.8 Å². The van der Waals surface area contributed by atoms with Gasteiger partial charge >= 0.3 is 5.63 Å². The van der Waals surface area contributed by atoms with Crippen LogP contribution >= 0.6 is 0 Å². The lowest BCUT2D eigenvalue weighted by atomic mass is 10.1. The third-order valence-electron chi connectivity index (χ3n) is 2.60. The van der Waals surface area contributed by atoms with Gasteiger partial charge in [0.05, 0.1) is 12.5 Å². The van der Waals surface area contributed by atoms with Gasteiger partial charge in [-0.3, -0.25) is 0 Å². The molecule has 2 aromatic rings. The first kappa shape index (κ1) is 11.7. The number of methoxy groups -OCH3 is 1. The summed E-state index contributed by atoms with van der Waals surface area (Å²) in [5, 5.41) is 10.1. The zero-order chi connectivity index (χ0) is 12.3. The lowest BCUT2D eigenvalue weighted by molar-refractivity contribution is 0.283. The fourth-order valence-corrected chi connectivity index (χ4v) is 1.72. The van der Waals surface area contributed by atoms with Crippen LogP contribution in [0.3, 0.4) is 0 Å². The molecule has 0 fully saturated rings. The summed E-state index contributed by atoms with van der Waals surface area (Å²) in [6, 6.07) is 7.12. The molecule has 0 saturated heterocycles. The number of rotatable bonds is 4. The van der Waals surface area contributed by atoms with E-state index in [1.165, 1.54) is 0 Å². The fourth-order valence-electron chi connectivity index (χ4n) is 1.72. The van der Waals surface area contributed by atoms with E-state index in [9.17, 15) is 4.79 Å². The van der Waals surface area contributed by atoms with Gasteiger partial charge < -0.3 is 14.3 Å². The maximum atomic E-state index is 11.7. The van der Waals surface area contributed by atoms with Gasteiger partial charge in [-0.1, -0.05) is 6.07 Å². The Labute approximate surface area is 98.4 Å². The highest BCUT2D eigenvalue weighted by Gasteiger charge is 2.05. The molecule has 17 heavy (non-hydrogen) atoms. The molecular weight excluding hydrogens is 220 g/mol. The molecular formula is C13H14O4. The van der Waals surface area contributed by atoms with Crippen molar-refractivity contribution < 1.29 is 14.3 Å². The quantitative estimate of drug-likeness (QED) is 0.875. The van der Waals surface area contributed by atoms with E-state index in [4.69, 9.17) is 14.3 Å². The number of aryl methyl sites for hydroxylation is 1. The van der Waals surface area contributed by atoms with Gasteiger partial charge in [-0.2, -0.15) is 0 Å². The van der Waals surface area contributed by atoms with Crippen LogP contribution in [0.15, 0.2) is 33.5 Å². The number of aliphatic hydroxyl groups excluding tert-OH is 1. The van der Waals surface area contributed by atoms with Crippen molar-refractivity contribution in [3.05, 3.63) is 40.4 Å². The first-order valence-electron chi connectivity index (χ1n) is 5.46. The predicted octanol–water partition coefficient (Wildman–Crippen LogP) is 1.73. The van der Waals surface area contributed by atoms with E-state index in [2.05, 4.69) is 0 Å². The largest absolute Gasteiger partial charge is 0.497 e. The van der Waals surface area contributed by atoms with Gasteiger partial charge in [0.15, 0.2) is 0 Å². The Balaban J connectivity index is 2.48. The molecule has 2 rings (SSSR count). The monoisotopic (exact) mass is 234 g/mol. The summed E-state index contributed by atoms with van der Waals surface area (Å²) in [6.45, 7) is 0.0877. The molecule has 0 atom stereocenters. The van der Waals surface area contributed by atoms with E-state index >= 15 is 0 Å². The summed E-state index contributed by atoms with van der Waals surface area (Å²) in [7, 11) is 1.55. The molecule has 1 heterocycles. The molecule has 1 aromatic carbocycles. The molecule has 0 aliphatic carbocycles. The normalized spacial score (nSPS) is 10.7. The predicted molar refractivity (Wildman–Crippen MR) is 64.4 cm³/mol. The van der Waals surface area contributed by atoms with E-state index < -0.39 is 0 Å². The minimum absolute atomic E-state index is 0.0877. The fraction of sp³-hybridized carbons (Fsp3) is 0.308. The second-order valence-electron chi connectivity index (χ2n) is 3.78. The molecule has 0 radical (unpaired) electrons. The Morgan fingerprint density at radius 1 is 1.35 bits per heavy atom. The Kier molecular flexibility index (Phi) is 3.44. The molecule has 1 aromatic heterocycles. The van der Waals surface area contributed by atoms with Gasteiger partial charge in [-0.25, -0.2) is 4.79 Å². The summed E-state index contributed by atoms with van der Waals surface area (Å²) in [5.41, 5.74) is -0.366. The van der Waals surface area contributed by atoms with Crippen molar-refractivity contribution >= 4 is 10.8 Å². The van der Waals surface area contributed by atoms with Gasteiger partial charge in [0, 0.05) is 13.0 Å². The Morgan fingerprint density at radius 2 is 2.18 bits per heavy atom. The molecule has 0 saturated carbocycles. The van der Waals surface area contributed by atoms with Crippen LogP contribution in [0.25, 0.3) is 10.8 Å². The van der Waals surface area contributed by atoms with Gasteiger partial charge in [-0.05, 0) is 30.0 Å². The molecule has 0 aliphatic heterocycles. The van der Waals surface area contributed by atoms with Crippen LogP contribution in [0.5, 0.6) is 5.75 Å². The van der Waals surface area contributed by atoms with E-state index in [-0.39, 0.29) is 12.2 Å². The third kappa shape index (κ3) is 2.47. The Morgan fingerprint density at radius 3 is 2.88 bits per heavy atom. The molecule has 1 N–H and O–H groups in total. The second-order valence-corrected chi connectivity index (χ2v) is 3.78. The zero-order valence-corrected chi connectivity index (χ0v) is 9.60. The highest BCUT2D eigenvalue weighted by Crippen LogP contribution is 2.19. The highest BCUT2D eigenvalue weighted by molar-refractivity contribution is 5.82. The van der Waals surface area contributed by atoms with Gasteiger partial charge in [0.2, 0.25) is 0 Å². The van der Waals surface area contributed by atoms with Crippen molar-refractivity contribution in [2.24, 2.45) is 0 Å².